The van der Waals surface area contributed by atoms with Crippen molar-refractivity contribution >= 4 is 35.8 Å². The zero-order chi connectivity index (χ0) is 22.6. The number of likely N-dealkylation sites (N-methyl/N-ethyl adjacent to an activating group) is 1. The van der Waals surface area contributed by atoms with Crippen LogP contribution in [-0.2, 0) is 17.8 Å². The van der Waals surface area contributed by atoms with E-state index in [0.29, 0.717) is 13.0 Å². The van der Waals surface area contributed by atoms with E-state index in [1.54, 1.807) is 0 Å². The summed E-state index contributed by atoms with van der Waals surface area (Å²) in [6.45, 7) is 7.82. The van der Waals surface area contributed by atoms with E-state index in [4.69, 9.17) is 4.99 Å². The monoisotopic (exact) mass is 563 g/mol. The lowest BCUT2D eigenvalue weighted by Gasteiger charge is -2.19. The molecule has 0 spiro atoms. The predicted octanol–water partition coefficient (Wildman–Crippen LogP) is 3.38. The van der Waals surface area contributed by atoms with Gasteiger partial charge in [-0.2, -0.15) is 0 Å². The summed E-state index contributed by atoms with van der Waals surface area (Å²) in [5.41, 5.74) is 2.59. The molecule has 0 aromatic heterocycles. The number of halogens is 1. The van der Waals surface area contributed by atoms with Crippen LogP contribution in [0.25, 0.3) is 0 Å². The minimum absolute atomic E-state index is 0. The predicted molar refractivity (Wildman–Crippen MR) is 147 cm³/mol. The highest BCUT2D eigenvalue weighted by molar-refractivity contribution is 14.0. The average Bonchev–Trinajstić information content (AvgIpc) is 3.17. The summed E-state index contributed by atoms with van der Waals surface area (Å²) in [5, 5.41) is 6.75. The Bertz CT molecular complexity index is 846. The number of likely N-dealkylation sites (tertiary alicyclic amines) is 1. The smallest absolute Gasteiger partial charge is 0.223 e. The third kappa shape index (κ3) is 9.71. The maximum atomic E-state index is 12.4. The molecule has 1 atom stereocenters. The highest BCUT2D eigenvalue weighted by Gasteiger charge is 2.29. The SMILES string of the molecule is CCNC(=NCC1CC(=O)N(CCc2ccccc2)C1)NCCN(C)Cc1ccccc1.I. The Hall–Kier alpha value is -2.13. The normalized spacial score (nSPS) is 16.1. The molecule has 180 valence electrons. The minimum Gasteiger partial charge on any atom is -0.357 e. The second-order valence-electron chi connectivity index (χ2n) is 8.52. The molecular weight excluding hydrogens is 525 g/mol. The quantitative estimate of drug-likeness (QED) is 0.250. The summed E-state index contributed by atoms with van der Waals surface area (Å²) >= 11 is 0. The zero-order valence-corrected chi connectivity index (χ0v) is 22.2. The first-order valence-corrected chi connectivity index (χ1v) is 11.7. The summed E-state index contributed by atoms with van der Waals surface area (Å²) < 4.78 is 0. The van der Waals surface area contributed by atoms with E-state index in [9.17, 15) is 4.79 Å². The van der Waals surface area contributed by atoms with Crippen LogP contribution in [0.15, 0.2) is 65.7 Å². The van der Waals surface area contributed by atoms with Crippen LogP contribution in [0.4, 0.5) is 0 Å². The van der Waals surface area contributed by atoms with E-state index in [2.05, 4.69) is 65.9 Å². The van der Waals surface area contributed by atoms with Crippen molar-refractivity contribution in [2.45, 2.75) is 26.3 Å². The van der Waals surface area contributed by atoms with Gasteiger partial charge in [-0.3, -0.25) is 9.79 Å². The fourth-order valence-corrected chi connectivity index (χ4v) is 4.00. The zero-order valence-electron chi connectivity index (χ0n) is 19.9. The van der Waals surface area contributed by atoms with Gasteiger partial charge in [-0.25, -0.2) is 0 Å². The van der Waals surface area contributed by atoms with Crippen molar-refractivity contribution in [3.05, 3.63) is 71.8 Å². The molecule has 1 fully saturated rings. The first-order valence-electron chi connectivity index (χ1n) is 11.7. The standard InChI is InChI=1S/C26H37N5O.HI/c1-3-27-26(28-15-17-30(2)20-23-12-8-5-9-13-23)29-19-24-18-25(32)31(21-24)16-14-22-10-6-4-7-11-22;/h4-13,24H,3,14-21H2,1-2H3,(H2,27,28,29);1H. The van der Waals surface area contributed by atoms with Crippen molar-refractivity contribution in [1.82, 2.24) is 20.4 Å². The molecule has 2 N–H and O–H groups in total. The topological polar surface area (TPSA) is 60.0 Å². The number of carbonyl (C=O) groups excluding carboxylic acids is 1. The first kappa shape index (κ1) is 27.1. The van der Waals surface area contributed by atoms with Gasteiger partial charge in [-0.1, -0.05) is 60.7 Å². The lowest BCUT2D eigenvalue weighted by Crippen LogP contribution is -2.41. The van der Waals surface area contributed by atoms with E-state index in [1.807, 2.05) is 29.2 Å². The van der Waals surface area contributed by atoms with Gasteiger partial charge in [0, 0.05) is 58.2 Å². The highest BCUT2D eigenvalue weighted by Crippen LogP contribution is 2.18. The summed E-state index contributed by atoms with van der Waals surface area (Å²) in [6, 6.07) is 20.9. The summed E-state index contributed by atoms with van der Waals surface area (Å²) in [7, 11) is 2.13. The van der Waals surface area contributed by atoms with Gasteiger partial charge in [0.15, 0.2) is 5.96 Å². The molecule has 1 saturated heterocycles. The largest absolute Gasteiger partial charge is 0.357 e. The van der Waals surface area contributed by atoms with E-state index >= 15 is 0 Å². The number of hydrogen-bond donors (Lipinski definition) is 2. The van der Waals surface area contributed by atoms with Crippen LogP contribution in [0, 0.1) is 5.92 Å². The molecule has 2 aromatic carbocycles. The second kappa shape index (κ2) is 14.9. The van der Waals surface area contributed by atoms with Crippen LogP contribution in [0.5, 0.6) is 0 Å². The number of hydrogen-bond acceptors (Lipinski definition) is 3. The molecule has 6 nitrogen and oxygen atoms in total. The molecule has 0 saturated carbocycles. The average molecular weight is 564 g/mol. The number of carbonyl (C=O) groups is 1. The van der Waals surface area contributed by atoms with Crippen molar-refractivity contribution in [1.29, 1.82) is 0 Å². The van der Waals surface area contributed by atoms with Gasteiger partial charge in [0.05, 0.1) is 0 Å². The Morgan fingerprint density at radius 3 is 2.39 bits per heavy atom. The molecule has 1 amide bonds. The molecule has 0 bridgehead atoms. The molecule has 1 unspecified atom stereocenters. The Morgan fingerprint density at radius 1 is 1.06 bits per heavy atom. The van der Waals surface area contributed by atoms with Gasteiger partial charge in [-0.15, -0.1) is 24.0 Å². The van der Waals surface area contributed by atoms with Crippen LogP contribution in [0.2, 0.25) is 0 Å². The summed E-state index contributed by atoms with van der Waals surface area (Å²) in [6.07, 6.45) is 1.50. The lowest BCUT2D eigenvalue weighted by molar-refractivity contribution is -0.127. The van der Waals surface area contributed by atoms with Crippen LogP contribution in [0.1, 0.15) is 24.5 Å². The van der Waals surface area contributed by atoms with Crippen molar-refractivity contribution in [2.75, 3.05) is 46.3 Å². The number of benzene rings is 2. The maximum absolute atomic E-state index is 12.4. The maximum Gasteiger partial charge on any atom is 0.223 e. The molecule has 3 rings (SSSR count). The Morgan fingerprint density at radius 2 is 1.73 bits per heavy atom. The summed E-state index contributed by atoms with van der Waals surface area (Å²) in [5.74, 6) is 1.37. The third-order valence-corrected chi connectivity index (χ3v) is 5.74. The molecule has 1 aliphatic rings. The molecule has 1 heterocycles. The fourth-order valence-electron chi connectivity index (χ4n) is 4.00. The van der Waals surface area contributed by atoms with Crippen molar-refractivity contribution < 1.29 is 4.79 Å². The van der Waals surface area contributed by atoms with Crippen LogP contribution >= 0.6 is 24.0 Å². The van der Waals surface area contributed by atoms with Gasteiger partial charge in [0.25, 0.3) is 0 Å². The molecular formula is C26H38IN5O. The molecule has 1 aliphatic heterocycles. The second-order valence-corrected chi connectivity index (χ2v) is 8.52. The molecule has 0 aliphatic carbocycles. The number of aliphatic imine (C=N–C) groups is 1. The number of rotatable bonds is 11. The number of guanidine groups is 1. The lowest BCUT2D eigenvalue weighted by atomic mass is 10.1. The van der Waals surface area contributed by atoms with Gasteiger partial charge in [0.1, 0.15) is 0 Å². The number of amides is 1. The first-order chi connectivity index (χ1) is 15.6. The van der Waals surface area contributed by atoms with E-state index in [1.165, 1.54) is 11.1 Å². The van der Waals surface area contributed by atoms with Crippen LogP contribution in [-0.4, -0.2) is 68.0 Å². The van der Waals surface area contributed by atoms with Gasteiger partial charge < -0.3 is 20.4 Å². The number of nitrogens with one attached hydrogen (secondary N) is 2. The van der Waals surface area contributed by atoms with Crippen LogP contribution < -0.4 is 10.6 Å². The van der Waals surface area contributed by atoms with E-state index < -0.39 is 0 Å². The highest BCUT2D eigenvalue weighted by atomic mass is 127. The fraction of sp³-hybridized carbons (Fsp3) is 0.462. The van der Waals surface area contributed by atoms with Gasteiger partial charge >= 0.3 is 0 Å². The van der Waals surface area contributed by atoms with Crippen molar-refractivity contribution in [3.8, 4) is 0 Å². The third-order valence-electron chi connectivity index (χ3n) is 5.74. The van der Waals surface area contributed by atoms with Crippen LogP contribution in [0.3, 0.4) is 0 Å². The molecule has 7 heteroatoms. The van der Waals surface area contributed by atoms with E-state index in [0.717, 1.165) is 51.6 Å². The Kier molecular flexibility index (Phi) is 12.2. The Labute approximate surface area is 215 Å². The molecule has 0 radical (unpaired) electrons. The van der Waals surface area contributed by atoms with Crippen molar-refractivity contribution in [3.63, 3.8) is 0 Å². The minimum atomic E-state index is 0. The Balaban J connectivity index is 0.00000385. The summed E-state index contributed by atoms with van der Waals surface area (Å²) in [4.78, 5) is 21.5. The molecule has 2 aromatic rings. The van der Waals surface area contributed by atoms with Gasteiger partial charge in [-0.05, 0) is 31.5 Å². The van der Waals surface area contributed by atoms with E-state index in [-0.39, 0.29) is 35.8 Å². The van der Waals surface area contributed by atoms with Crippen molar-refractivity contribution in [2.24, 2.45) is 10.9 Å². The van der Waals surface area contributed by atoms with Gasteiger partial charge in [0.2, 0.25) is 5.91 Å². The number of nitrogens with zero attached hydrogens (tertiary/aromatic N) is 3. The molecule has 33 heavy (non-hydrogen) atoms.